The summed E-state index contributed by atoms with van der Waals surface area (Å²) in [4.78, 5) is 25.9. The lowest BCUT2D eigenvalue weighted by molar-refractivity contribution is -0.384. The lowest BCUT2D eigenvalue weighted by atomic mass is 10.2. The summed E-state index contributed by atoms with van der Waals surface area (Å²) in [6, 6.07) is 2.59. The van der Waals surface area contributed by atoms with Crippen molar-refractivity contribution in [2.45, 2.75) is 0 Å². The number of non-ortho nitro benzene ring substituents is 1. The van der Waals surface area contributed by atoms with E-state index >= 15 is 0 Å². The number of terminal acetylenes is 1. The van der Waals surface area contributed by atoms with Gasteiger partial charge in [0, 0.05) is 38.3 Å². The number of anilines is 1. The van der Waals surface area contributed by atoms with Crippen LogP contribution in [0.5, 0.6) is 0 Å². The summed E-state index contributed by atoms with van der Waals surface area (Å²) in [6.45, 7) is 3.00. The molecule has 1 amide bonds. The molecule has 0 aliphatic carbocycles. The normalized spacial score (nSPS) is 15.0. The molecule has 1 aliphatic rings. The average Bonchev–Trinajstić information content (AvgIpc) is 2.53. The van der Waals surface area contributed by atoms with Crippen LogP contribution in [-0.2, 0) is 4.79 Å². The van der Waals surface area contributed by atoms with Crippen LogP contribution in [0.1, 0.15) is 0 Å². The van der Waals surface area contributed by atoms with Gasteiger partial charge in [0.25, 0.3) is 5.69 Å². The highest BCUT2D eigenvalue weighted by Gasteiger charge is 2.24. The predicted octanol–water partition coefficient (Wildman–Crippen LogP) is 1.77. The van der Waals surface area contributed by atoms with Crippen LogP contribution < -0.4 is 10.2 Å². The van der Waals surface area contributed by atoms with E-state index in [0.29, 0.717) is 31.9 Å². The van der Waals surface area contributed by atoms with Crippen molar-refractivity contribution in [1.29, 1.82) is 0 Å². The highest BCUT2D eigenvalue weighted by atomic mass is 35.5. The third kappa shape index (κ3) is 4.51. The van der Waals surface area contributed by atoms with Crippen molar-refractivity contribution >= 4 is 40.5 Å². The van der Waals surface area contributed by atoms with Crippen LogP contribution in [0.3, 0.4) is 0 Å². The Hall–Kier alpha value is -2.01. The van der Waals surface area contributed by atoms with Crippen LogP contribution in [0.2, 0.25) is 10.0 Å². The largest absolute Gasteiger partial charge is 0.367 e. The van der Waals surface area contributed by atoms with Gasteiger partial charge in [-0.3, -0.25) is 19.8 Å². The Labute approximate surface area is 149 Å². The molecule has 2 rings (SSSR count). The molecule has 1 aromatic carbocycles. The third-order valence-corrected chi connectivity index (χ3v) is 4.23. The van der Waals surface area contributed by atoms with Crippen molar-refractivity contribution in [2.24, 2.45) is 0 Å². The maximum Gasteiger partial charge on any atom is 0.272 e. The number of nitrogens with one attached hydrogen (secondary N) is 1. The molecule has 0 bridgehead atoms. The number of halogens is 2. The van der Waals surface area contributed by atoms with Gasteiger partial charge in [0.1, 0.15) is 0 Å². The number of nitrogens with zero attached hydrogens (tertiary/aromatic N) is 3. The fourth-order valence-corrected chi connectivity index (χ4v) is 3.21. The SMILES string of the molecule is C#CCNC(=O)CN1CCN(c2c(Cl)cc([N+](=O)[O-])cc2Cl)CC1. The van der Waals surface area contributed by atoms with Crippen LogP contribution in [0, 0.1) is 22.5 Å². The van der Waals surface area contributed by atoms with Gasteiger partial charge in [-0.25, -0.2) is 0 Å². The number of hydrogen-bond acceptors (Lipinski definition) is 5. The number of carbonyl (C=O) groups is 1. The molecular formula is C15H16Cl2N4O3. The second-order valence-electron chi connectivity index (χ2n) is 5.26. The number of amides is 1. The molecule has 0 saturated carbocycles. The highest BCUT2D eigenvalue weighted by Crippen LogP contribution is 2.37. The Morgan fingerprint density at radius 1 is 1.29 bits per heavy atom. The van der Waals surface area contributed by atoms with Crippen molar-refractivity contribution in [3.8, 4) is 12.3 Å². The molecule has 0 unspecified atom stereocenters. The van der Waals surface area contributed by atoms with E-state index in [1.54, 1.807) is 0 Å². The number of rotatable bonds is 5. The average molecular weight is 371 g/mol. The molecule has 1 N–H and O–H groups in total. The van der Waals surface area contributed by atoms with Crippen LogP contribution in [0.25, 0.3) is 0 Å². The lowest BCUT2D eigenvalue weighted by Gasteiger charge is -2.36. The van der Waals surface area contributed by atoms with E-state index in [1.807, 2.05) is 9.80 Å². The standard InChI is InChI=1S/C15H16Cl2N4O3/c1-2-3-18-14(22)10-19-4-6-20(7-5-19)15-12(16)8-11(21(23)24)9-13(15)17/h1,8-9H,3-7,10H2,(H,18,22). The number of carbonyl (C=O) groups excluding carboxylic acids is 1. The van der Waals surface area contributed by atoms with Crippen molar-refractivity contribution in [3.63, 3.8) is 0 Å². The Morgan fingerprint density at radius 2 is 1.88 bits per heavy atom. The van der Waals surface area contributed by atoms with Crippen LogP contribution in [0.4, 0.5) is 11.4 Å². The Kier molecular flexibility index (Phi) is 6.26. The summed E-state index contributed by atoms with van der Waals surface area (Å²) < 4.78 is 0. The van der Waals surface area contributed by atoms with Crippen molar-refractivity contribution in [1.82, 2.24) is 10.2 Å². The second kappa shape index (κ2) is 8.20. The smallest absolute Gasteiger partial charge is 0.272 e. The maximum atomic E-state index is 11.7. The molecular weight excluding hydrogens is 355 g/mol. The summed E-state index contributed by atoms with van der Waals surface area (Å²) in [5.74, 6) is 2.24. The van der Waals surface area contributed by atoms with Crippen LogP contribution in [0.15, 0.2) is 12.1 Å². The summed E-state index contributed by atoms with van der Waals surface area (Å²) >= 11 is 12.3. The van der Waals surface area contributed by atoms with E-state index in [9.17, 15) is 14.9 Å². The van der Waals surface area contributed by atoms with Gasteiger partial charge in [-0.05, 0) is 0 Å². The van der Waals surface area contributed by atoms with Gasteiger partial charge in [-0.15, -0.1) is 6.42 Å². The molecule has 1 heterocycles. The molecule has 24 heavy (non-hydrogen) atoms. The number of piperazine rings is 1. The molecule has 0 radical (unpaired) electrons. The summed E-state index contributed by atoms with van der Waals surface area (Å²) in [5, 5.41) is 13.9. The Balaban J connectivity index is 1.99. The predicted molar refractivity (Wildman–Crippen MR) is 93.6 cm³/mol. The molecule has 0 spiro atoms. The fraction of sp³-hybridized carbons (Fsp3) is 0.400. The van der Waals surface area contributed by atoms with Crippen molar-refractivity contribution in [3.05, 3.63) is 32.3 Å². The lowest BCUT2D eigenvalue weighted by Crippen LogP contribution is -2.49. The van der Waals surface area contributed by atoms with Gasteiger partial charge in [-0.1, -0.05) is 29.1 Å². The van der Waals surface area contributed by atoms with Crippen molar-refractivity contribution in [2.75, 3.05) is 44.2 Å². The Bertz CT molecular complexity index is 659. The van der Waals surface area contributed by atoms with Crippen LogP contribution in [-0.4, -0.2) is 55.0 Å². The van der Waals surface area contributed by atoms with Gasteiger partial charge in [0.05, 0.1) is 33.7 Å². The van der Waals surface area contributed by atoms with Crippen molar-refractivity contribution < 1.29 is 9.72 Å². The fourth-order valence-electron chi connectivity index (χ4n) is 2.50. The van der Waals surface area contributed by atoms with Gasteiger partial charge in [0.2, 0.25) is 5.91 Å². The van der Waals surface area contributed by atoms with E-state index in [2.05, 4.69) is 11.2 Å². The minimum atomic E-state index is -0.533. The van der Waals surface area contributed by atoms with Gasteiger partial charge in [-0.2, -0.15) is 0 Å². The Morgan fingerprint density at radius 3 is 2.38 bits per heavy atom. The zero-order chi connectivity index (χ0) is 17.7. The molecule has 1 saturated heterocycles. The molecule has 1 aliphatic heterocycles. The van der Waals surface area contributed by atoms with E-state index in [1.165, 1.54) is 12.1 Å². The van der Waals surface area contributed by atoms with Gasteiger partial charge < -0.3 is 10.2 Å². The molecule has 7 nitrogen and oxygen atoms in total. The first kappa shape index (κ1) is 18.3. The maximum absolute atomic E-state index is 11.7. The number of nitro benzene ring substituents is 1. The zero-order valence-corrected chi connectivity index (χ0v) is 14.3. The minimum absolute atomic E-state index is 0.118. The number of benzene rings is 1. The first-order chi connectivity index (χ1) is 11.4. The molecule has 128 valence electrons. The second-order valence-corrected chi connectivity index (χ2v) is 6.07. The summed E-state index contributed by atoms with van der Waals surface area (Å²) in [5.41, 5.74) is 0.443. The first-order valence-corrected chi connectivity index (χ1v) is 7.99. The summed E-state index contributed by atoms with van der Waals surface area (Å²) in [6.07, 6.45) is 5.10. The molecule has 0 aromatic heterocycles. The van der Waals surface area contributed by atoms with E-state index in [4.69, 9.17) is 29.6 Å². The number of nitro groups is 1. The third-order valence-electron chi connectivity index (χ3n) is 3.66. The monoisotopic (exact) mass is 370 g/mol. The molecule has 1 fully saturated rings. The van der Waals surface area contributed by atoms with E-state index < -0.39 is 4.92 Å². The van der Waals surface area contributed by atoms with E-state index in [-0.39, 0.29) is 34.7 Å². The summed E-state index contributed by atoms with van der Waals surface area (Å²) in [7, 11) is 0. The van der Waals surface area contributed by atoms with Gasteiger partial charge in [0.15, 0.2) is 0 Å². The minimum Gasteiger partial charge on any atom is -0.367 e. The topological polar surface area (TPSA) is 78.7 Å². The van der Waals surface area contributed by atoms with Crippen LogP contribution >= 0.6 is 23.2 Å². The van der Waals surface area contributed by atoms with Gasteiger partial charge >= 0.3 is 0 Å². The highest BCUT2D eigenvalue weighted by molar-refractivity contribution is 6.39. The molecule has 0 atom stereocenters. The molecule has 1 aromatic rings. The zero-order valence-electron chi connectivity index (χ0n) is 12.8. The number of hydrogen-bond donors (Lipinski definition) is 1. The first-order valence-electron chi connectivity index (χ1n) is 7.23. The molecule has 9 heteroatoms. The van der Waals surface area contributed by atoms with E-state index in [0.717, 1.165) is 0 Å². The quantitative estimate of drug-likeness (QED) is 0.485.